The van der Waals surface area contributed by atoms with Crippen LogP contribution in [0.4, 0.5) is 0 Å². The van der Waals surface area contributed by atoms with E-state index in [2.05, 4.69) is 5.10 Å². The van der Waals surface area contributed by atoms with Crippen molar-refractivity contribution in [2.24, 2.45) is 5.10 Å². The second-order valence-electron chi connectivity index (χ2n) is 6.06. The highest BCUT2D eigenvalue weighted by atomic mass is 16.5. The molecule has 2 aromatic carbocycles. The van der Waals surface area contributed by atoms with E-state index >= 15 is 0 Å². The lowest BCUT2D eigenvalue weighted by Crippen LogP contribution is -2.24. The smallest absolute Gasteiger partial charge is 0.240 e. The van der Waals surface area contributed by atoms with Crippen molar-refractivity contribution in [3.8, 4) is 11.5 Å². The number of carbonyl (C=O) groups is 1. The van der Waals surface area contributed by atoms with Crippen molar-refractivity contribution < 1.29 is 14.3 Å². The van der Waals surface area contributed by atoms with E-state index < -0.39 is 0 Å². The lowest BCUT2D eigenvalue weighted by Gasteiger charge is -2.20. The molecular formula is C21H24N2O3. The van der Waals surface area contributed by atoms with Crippen LogP contribution >= 0.6 is 0 Å². The molecule has 1 heterocycles. The highest BCUT2D eigenvalue weighted by Crippen LogP contribution is 2.36. The van der Waals surface area contributed by atoms with Gasteiger partial charge >= 0.3 is 0 Å². The fourth-order valence-electron chi connectivity index (χ4n) is 3.17. The average molecular weight is 352 g/mol. The summed E-state index contributed by atoms with van der Waals surface area (Å²) in [6.45, 7) is 6.59. The maximum Gasteiger partial charge on any atom is 0.240 e. The van der Waals surface area contributed by atoms with Gasteiger partial charge in [-0.3, -0.25) is 4.79 Å². The average Bonchev–Trinajstić information content (AvgIpc) is 3.09. The van der Waals surface area contributed by atoms with E-state index in [4.69, 9.17) is 9.47 Å². The molecule has 0 bridgehead atoms. The maximum absolute atomic E-state index is 12.1. The predicted molar refractivity (Wildman–Crippen MR) is 102 cm³/mol. The summed E-state index contributed by atoms with van der Waals surface area (Å²) >= 11 is 0. The molecule has 1 aliphatic heterocycles. The van der Waals surface area contributed by atoms with Crippen LogP contribution in [0.15, 0.2) is 53.6 Å². The van der Waals surface area contributed by atoms with Crippen LogP contribution in [0.25, 0.3) is 0 Å². The Hall–Kier alpha value is -2.82. The third kappa shape index (κ3) is 3.72. The molecule has 1 atom stereocenters. The maximum atomic E-state index is 12.1. The summed E-state index contributed by atoms with van der Waals surface area (Å²) in [5, 5.41) is 6.18. The molecule has 0 radical (unpaired) electrons. The summed E-state index contributed by atoms with van der Waals surface area (Å²) in [4.78, 5) is 12.1. The van der Waals surface area contributed by atoms with Crippen LogP contribution in [0.1, 0.15) is 44.4 Å². The van der Waals surface area contributed by atoms with Crippen molar-refractivity contribution >= 4 is 11.6 Å². The number of hydrogen-bond acceptors (Lipinski definition) is 4. The molecule has 136 valence electrons. The summed E-state index contributed by atoms with van der Waals surface area (Å²) in [6, 6.07) is 15.7. The van der Waals surface area contributed by atoms with Gasteiger partial charge in [0.1, 0.15) is 11.5 Å². The third-order valence-corrected chi connectivity index (χ3v) is 4.29. The summed E-state index contributed by atoms with van der Waals surface area (Å²) < 4.78 is 11.4. The van der Waals surface area contributed by atoms with Gasteiger partial charge in [0.15, 0.2) is 0 Å². The lowest BCUT2D eigenvalue weighted by atomic mass is 9.98. The molecule has 0 aromatic heterocycles. The summed E-state index contributed by atoms with van der Waals surface area (Å²) in [5.74, 6) is 1.42. The number of benzene rings is 2. The van der Waals surface area contributed by atoms with Crippen LogP contribution in [-0.2, 0) is 4.79 Å². The molecule has 2 aromatic rings. The standard InChI is InChI=1S/C21H24N2O3/c1-4-25-17-11-12-18(21(13-17)26-5-2)19-14-20(23(22-19)15(3)24)16-9-7-6-8-10-16/h6-13,20H,4-5,14H2,1-3H3. The van der Waals surface area contributed by atoms with Gasteiger partial charge in [0, 0.05) is 25.0 Å². The van der Waals surface area contributed by atoms with Crippen LogP contribution in [0, 0.1) is 0 Å². The van der Waals surface area contributed by atoms with Crippen LogP contribution in [-0.4, -0.2) is 29.8 Å². The first-order chi connectivity index (χ1) is 12.6. The van der Waals surface area contributed by atoms with E-state index in [9.17, 15) is 4.79 Å². The second kappa shape index (κ2) is 8.04. The zero-order valence-corrected chi connectivity index (χ0v) is 15.4. The Labute approximate surface area is 154 Å². The minimum absolute atomic E-state index is 0.0715. The van der Waals surface area contributed by atoms with Gasteiger partial charge < -0.3 is 9.47 Å². The zero-order valence-electron chi connectivity index (χ0n) is 15.4. The molecule has 0 spiro atoms. The normalized spacial score (nSPS) is 16.3. The van der Waals surface area contributed by atoms with Gasteiger partial charge in [-0.2, -0.15) is 5.10 Å². The topological polar surface area (TPSA) is 51.1 Å². The van der Waals surface area contributed by atoms with Gasteiger partial charge in [-0.25, -0.2) is 5.01 Å². The summed E-state index contributed by atoms with van der Waals surface area (Å²) in [6.07, 6.45) is 0.650. The number of ether oxygens (including phenoxy) is 2. The van der Waals surface area contributed by atoms with Crippen molar-refractivity contribution in [2.45, 2.75) is 33.2 Å². The Bertz CT molecular complexity index is 802. The van der Waals surface area contributed by atoms with Crippen LogP contribution < -0.4 is 9.47 Å². The van der Waals surface area contributed by atoms with Gasteiger partial charge in [-0.1, -0.05) is 30.3 Å². The number of nitrogens with zero attached hydrogens (tertiary/aromatic N) is 2. The number of rotatable bonds is 6. The minimum atomic E-state index is -0.0928. The molecule has 26 heavy (non-hydrogen) atoms. The fraction of sp³-hybridized carbons (Fsp3) is 0.333. The first-order valence-corrected chi connectivity index (χ1v) is 8.96. The Morgan fingerprint density at radius 1 is 1.12 bits per heavy atom. The van der Waals surface area contributed by atoms with Gasteiger partial charge in [0.25, 0.3) is 0 Å². The van der Waals surface area contributed by atoms with E-state index in [0.717, 1.165) is 28.3 Å². The molecule has 1 amide bonds. The summed E-state index contributed by atoms with van der Waals surface area (Å²) in [5.41, 5.74) is 2.82. The first-order valence-electron chi connectivity index (χ1n) is 8.96. The number of hydrazone groups is 1. The van der Waals surface area contributed by atoms with Gasteiger partial charge in [0.05, 0.1) is 25.0 Å². The van der Waals surface area contributed by atoms with E-state index in [1.807, 2.05) is 62.4 Å². The molecule has 0 fully saturated rings. The molecule has 1 unspecified atom stereocenters. The Morgan fingerprint density at radius 3 is 2.50 bits per heavy atom. The Morgan fingerprint density at radius 2 is 1.85 bits per heavy atom. The van der Waals surface area contributed by atoms with Crippen molar-refractivity contribution in [3.05, 3.63) is 59.7 Å². The van der Waals surface area contributed by atoms with Crippen LogP contribution in [0.3, 0.4) is 0 Å². The zero-order chi connectivity index (χ0) is 18.5. The van der Waals surface area contributed by atoms with Gasteiger partial charge in [-0.15, -0.1) is 0 Å². The van der Waals surface area contributed by atoms with Crippen LogP contribution in [0.5, 0.6) is 11.5 Å². The van der Waals surface area contributed by atoms with Crippen molar-refractivity contribution in [1.29, 1.82) is 0 Å². The van der Waals surface area contributed by atoms with Gasteiger partial charge in [0.2, 0.25) is 5.91 Å². The highest BCUT2D eigenvalue weighted by molar-refractivity contribution is 6.05. The largest absolute Gasteiger partial charge is 0.494 e. The van der Waals surface area contributed by atoms with Crippen molar-refractivity contribution in [1.82, 2.24) is 5.01 Å². The highest BCUT2D eigenvalue weighted by Gasteiger charge is 2.32. The SMILES string of the molecule is CCOc1ccc(C2=NN(C(C)=O)C(c3ccccc3)C2)c(OCC)c1. The minimum Gasteiger partial charge on any atom is -0.494 e. The first kappa shape index (κ1) is 18.0. The molecule has 5 nitrogen and oxygen atoms in total. The molecular weight excluding hydrogens is 328 g/mol. The molecule has 0 N–H and O–H groups in total. The third-order valence-electron chi connectivity index (χ3n) is 4.29. The fourth-order valence-corrected chi connectivity index (χ4v) is 3.17. The summed E-state index contributed by atoms with van der Waals surface area (Å²) in [7, 11) is 0. The van der Waals surface area contributed by atoms with Crippen LogP contribution in [0.2, 0.25) is 0 Å². The Kier molecular flexibility index (Phi) is 5.56. The quantitative estimate of drug-likeness (QED) is 0.783. The van der Waals surface area contributed by atoms with E-state index in [1.54, 1.807) is 11.9 Å². The van der Waals surface area contributed by atoms with E-state index in [-0.39, 0.29) is 11.9 Å². The second-order valence-corrected chi connectivity index (χ2v) is 6.06. The van der Waals surface area contributed by atoms with Gasteiger partial charge in [-0.05, 0) is 31.5 Å². The molecule has 1 aliphatic rings. The Balaban J connectivity index is 1.96. The molecule has 0 saturated heterocycles. The number of carbonyl (C=O) groups excluding carboxylic acids is 1. The molecule has 5 heteroatoms. The number of amides is 1. The monoisotopic (exact) mass is 352 g/mol. The molecule has 3 rings (SSSR count). The molecule has 0 saturated carbocycles. The molecule has 0 aliphatic carbocycles. The lowest BCUT2D eigenvalue weighted by molar-refractivity contribution is -0.130. The van der Waals surface area contributed by atoms with E-state index in [1.165, 1.54) is 0 Å². The van der Waals surface area contributed by atoms with Crippen molar-refractivity contribution in [2.75, 3.05) is 13.2 Å². The number of hydrogen-bond donors (Lipinski definition) is 0. The van der Waals surface area contributed by atoms with Crippen molar-refractivity contribution in [3.63, 3.8) is 0 Å². The van der Waals surface area contributed by atoms with E-state index in [0.29, 0.717) is 19.6 Å². The predicted octanol–water partition coefficient (Wildman–Crippen LogP) is 4.18.